The van der Waals surface area contributed by atoms with Crippen LogP contribution in [-0.4, -0.2) is 32.2 Å². The smallest absolute Gasteiger partial charge is 0.319 e. The Labute approximate surface area is 66.4 Å². The molecule has 0 aromatic heterocycles. The highest BCUT2D eigenvalue weighted by molar-refractivity contribution is 5.71. The van der Waals surface area contributed by atoms with Crippen molar-refractivity contribution in [3.05, 3.63) is 12.7 Å². The SMILES string of the molecule is C=CCNCCOC(=O)CN. The van der Waals surface area contributed by atoms with Crippen LogP contribution in [0.4, 0.5) is 0 Å². The highest BCUT2D eigenvalue weighted by atomic mass is 16.5. The van der Waals surface area contributed by atoms with Gasteiger partial charge in [-0.3, -0.25) is 4.79 Å². The van der Waals surface area contributed by atoms with Crippen LogP contribution in [0.2, 0.25) is 0 Å². The van der Waals surface area contributed by atoms with Crippen LogP contribution in [0.1, 0.15) is 0 Å². The average molecular weight is 158 g/mol. The average Bonchev–Trinajstić information content (AvgIpc) is 2.04. The maximum Gasteiger partial charge on any atom is 0.319 e. The molecule has 0 saturated carbocycles. The molecule has 11 heavy (non-hydrogen) atoms. The lowest BCUT2D eigenvalue weighted by Gasteiger charge is -2.02. The van der Waals surface area contributed by atoms with Gasteiger partial charge in [-0.1, -0.05) is 6.08 Å². The predicted octanol–water partition coefficient (Wildman–Crippen LogP) is -0.736. The fraction of sp³-hybridized carbons (Fsp3) is 0.571. The second-order valence-electron chi connectivity index (χ2n) is 1.92. The zero-order valence-electron chi connectivity index (χ0n) is 6.51. The minimum Gasteiger partial charge on any atom is -0.463 e. The lowest BCUT2D eigenvalue weighted by atomic mass is 10.6. The van der Waals surface area contributed by atoms with Gasteiger partial charge in [0.05, 0.1) is 6.54 Å². The third-order valence-electron chi connectivity index (χ3n) is 0.997. The Bertz CT molecular complexity index is 126. The molecule has 64 valence electrons. The summed E-state index contributed by atoms with van der Waals surface area (Å²) in [4.78, 5) is 10.4. The summed E-state index contributed by atoms with van der Waals surface area (Å²) in [6, 6.07) is 0. The van der Waals surface area contributed by atoms with Crippen LogP contribution in [0, 0.1) is 0 Å². The van der Waals surface area contributed by atoms with Gasteiger partial charge in [0.2, 0.25) is 0 Å². The zero-order chi connectivity index (χ0) is 8.53. The summed E-state index contributed by atoms with van der Waals surface area (Å²) in [5.41, 5.74) is 5.00. The summed E-state index contributed by atoms with van der Waals surface area (Å²) in [7, 11) is 0. The summed E-state index contributed by atoms with van der Waals surface area (Å²) in [5, 5.41) is 2.98. The van der Waals surface area contributed by atoms with Crippen molar-refractivity contribution < 1.29 is 9.53 Å². The van der Waals surface area contributed by atoms with Crippen LogP contribution in [0.15, 0.2) is 12.7 Å². The Morgan fingerprint density at radius 1 is 1.73 bits per heavy atom. The molecule has 0 aliphatic carbocycles. The van der Waals surface area contributed by atoms with E-state index in [0.29, 0.717) is 13.2 Å². The number of rotatable bonds is 6. The maximum absolute atomic E-state index is 10.4. The normalized spacial score (nSPS) is 9.18. The van der Waals surface area contributed by atoms with E-state index in [1.807, 2.05) is 0 Å². The Kier molecular flexibility index (Phi) is 6.67. The van der Waals surface area contributed by atoms with Crippen LogP contribution < -0.4 is 11.1 Å². The van der Waals surface area contributed by atoms with E-state index in [2.05, 4.69) is 16.6 Å². The Balaban J connectivity index is 3.01. The topological polar surface area (TPSA) is 64.3 Å². The van der Waals surface area contributed by atoms with Crippen molar-refractivity contribution in [2.45, 2.75) is 0 Å². The first-order chi connectivity index (χ1) is 5.31. The number of carbonyl (C=O) groups is 1. The summed E-state index contributed by atoms with van der Waals surface area (Å²) in [6.07, 6.45) is 1.74. The molecule has 0 saturated heterocycles. The standard InChI is InChI=1S/C7H14N2O2/c1-2-3-9-4-5-11-7(10)6-8/h2,9H,1,3-6,8H2. The molecule has 0 fully saturated rings. The highest BCUT2D eigenvalue weighted by Crippen LogP contribution is 1.73. The largest absolute Gasteiger partial charge is 0.463 e. The fourth-order valence-electron chi connectivity index (χ4n) is 0.500. The summed E-state index contributed by atoms with van der Waals surface area (Å²) < 4.78 is 4.68. The second kappa shape index (κ2) is 7.24. The van der Waals surface area contributed by atoms with E-state index in [4.69, 9.17) is 5.73 Å². The molecule has 0 aliphatic heterocycles. The molecule has 0 radical (unpaired) electrons. The third-order valence-corrected chi connectivity index (χ3v) is 0.997. The molecule has 0 aromatic carbocycles. The minimum absolute atomic E-state index is 0.0541. The molecule has 0 aromatic rings. The van der Waals surface area contributed by atoms with Crippen molar-refractivity contribution >= 4 is 5.97 Å². The highest BCUT2D eigenvalue weighted by Gasteiger charge is 1.95. The van der Waals surface area contributed by atoms with E-state index in [1.54, 1.807) is 6.08 Å². The molecule has 0 spiro atoms. The quantitative estimate of drug-likeness (QED) is 0.304. The molecule has 3 N–H and O–H groups in total. The lowest BCUT2D eigenvalue weighted by Crippen LogP contribution is -2.24. The van der Waals surface area contributed by atoms with E-state index >= 15 is 0 Å². The number of hydrogen-bond acceptors (Lipinski definition) is 4. The lowest BCUT2D eigenvalue weighted by molar-refractivity contribution is -0.141. The number of esters is 1. The first-order valence-corrected chi connectivity index (χ1v) is 3.48. The van der Waals surface area contributed by atoms with Gasteiger partial charge < -0.3 is 15.8 Å². The molecular formula is C7H14N2O2. The molecule has 0 aliphatic rings. The van der Waals surface area contributed by atoms with Gasteiger partial charge in [-0.25, -0.2) is 0 Å². The fourth-order valence-corrected chi connectivity index (χ4v) is 0.500. The molecular weight excluding hydrogens is 144 g/mol. The monoisotopic (exact) mass is 158 g/mol. The second-order valence-corrected chi connectivity index (χ2v) is 1.92. The molecule has 0 heterocycles. The van der Waals surface area contributed by atoms with Crippen molar-refractivity contribution in [2.24, 2.45) is 5.73 Å². The zero-order valence-corrected chi connectivity index (χ0v) is 6.51. The van der Waals surface area contributed by atoms with E-state index in [-0.39, 0.29) is 12.5 Å². The Hall–Kier alpha value is -0.870. The van der Waals surface area contributed by atoms with E-state index in [1.165, 1.54) is 0 Å². The van der Waals surface area contributed by atoms with Crippen molar-refractivity contribution in [3.63, 3.8) is 0 Å². The van der Waals surface area contributed by atoms with Crippen LogP contribution in [0.3, 0.4) is 0 Å². The van der Waals surface area contributed by atoms with Gasteiger partial charge in [0.25, 0.3) is 0 Å². The van der Waals surface area contributed by atoms with E-state index in [0.717, 1.165) is 6.54 Å². The molecule has 0 amide bonds. The molecule has 0 atom stereocenters. The van der Waals surface area contributed by atoms with Gasteiger partial charge in [0.1, 0.15) is 6.61 Å². The van der Waals surface area contributed by atoms with Crippen LogP contribution in [0.5, 0.6) is 0 Å². The Morgan fingerprint density at radius 3 is 3.00 bits per heavy atom. The van der Waals surface area contributed by atoms with Crippen LogP contribution in [0.25, 0.3) is 0 Å². The minimum atomic E-state index is -0.370. The number of ether oxygens (including phenoxy) is 1. The molecule has 4 nitrogen and oxygen atoms in total. The predicted molar refractivity (Wildman–Crippen MR) is 43.1 cm³/mol. The van der Waals surface area contributed by atoms with Gasteiger partial charge in [0, 0.05) is 13.1 Å². The van der Waals surface area contributed by atoms with Gasteiger partial charge >= 0.3 is 5.97 Å². The molecule has 0 rings (SSSR count). The van der Waals surface area contributed by atoms with Gasteiger partial charge in [-0.05, 0) is 0 Å². The van der Waals surface area contributed by atoms with Crippen molar-refractivity contribution in [3.8, 4) is 0 Å². The first kappa shape index (κ1) is 10.1. The Morgan fingerprint density at radius 2 is 2.45 bits per heavy atom. The van der Waals surface area contributed by atoms with E-state index < -0.39 is 0 Å². The number of nitrogens with two attached hydrogens (primary N) is 1. The van der Waals surface area contributed by atoms with Crippen LogP contribution in [-0.2, 0) is 9.53 Å². The van der Waals surface area contributed by atoms with E-state index in [9.17, 15) is 4.79 Å². The number of carbonyl (C=O) groups excluding carboxylic acids is 1. The summed E-state index contributed by atoms with van der Waals surface area (Å²) >= 11 is 0. The summed E-state index contributed by atoms with van der Waals surface area (Å²) in [6.45, 7) is 5.19. The molecule has 0 bridgehead atoms. The molecule has 0 unspecified atom stereocenters. The maximum atomic E-state index is 10.4. The van der Waals surface area contributed by atoms with Crippen LogP contribution >= 0.6 is 0 Å². The van der Waals surface area contributed by atoms with Crippen molar-refractivity contribution in [2.75, 3.05) is 26.2 Å². The van der Waals surface area contributed by atoms with Gasteiger partial charge in [0.15, 0.2) is 0 Å². The van der Waals surface area contributed by atoms with Crippen molar-refractivity contribution in [1.29, 1.82) is 0 Å². The summed E-state index contributed by atoms with van der Waals surface area (Å²) in [5.74, 6) is -0.370. The number of hydrogen-bond donors (Lipinski definition) is 2. The first-order valence-electron chi connectivity index (χ1n) is 3.48. The van der Waals surface area contributed by atoms with Crippen molar-refractivity contribution in [1.82, 2.24) is 5.32 Å². The van der Waals surface area contributed by atoms with Gasteiger partial charge in [-0.15, -0.1) is 6.58 Å². The number of nitrogens with one attached hydrogen (secondary N) is 1. The third kappa shape index (κ3) is 7.02. The van der Waals surface area contributed by atoms with Gasteiger partial charge in [-0.2, -0.15) is 0 Å². The molecule has 4 heteroatoms.